The summed E-state index contributed by atoms with van der Waals surface area (Å²) in [5.41, 5.74) is 0. The summed E-state index contributed by atoms with van der Waals surface area (Å²) in [5.74, 6) is 0. The van der Waals surface area contributed by atoms with Gasteiger partial charge in [-0.2, -0.15) is 0 Å². The molecular formula is C5H12OS2. The van der Waals surface area contributed by atoms with Gasteiger partial charge in [-0.05, 0) is 0 Å². The molecule has 0 amide bonds. The first-order chi connectivity index (χ1) is 3.42. The average Bonchev–Trinajstić information content (AvgIpc) is 1.21. The van der Waals surface area contributed by atoms with Crippen molar-refractivity contribution in [1.29, 1.82) is 0 Å². The van der Waals surface area contributed by atoms with Crippen LogP contribution < -0.4 is 0 Å². The van der Waals surface area contributed by atoms with Crippen molar-refractivity contribution in [2.75, 3.05) is 6.26 Å². The minimum atomic E-state index is -0.718. The van der Waals surface area contributed by atoms with E-state index in [1.54, 1.807) is 6.26 Å². The minimum absolute atomic E-state index is 0.139. The molecule has 1 atom stereocenters. The summed E-state index contributed by atoms with van der Waals surface area (Å²) >= 11 is 0. The minimum Gasteiger partial charge on any atom is -0.248 e. The molecule has 0 radical (unpaired) electrons. The van der Waals surface area contributed by atoms with Crippen LogP contribution in [0.4, 0.5) is 0 Å². The predicted molar refractivity (Wildman–Crippen MR) is 41.4 cm³/mol. The van der Waals surface area contributed by atoms with Gasteiger partial charge in [0.05, 0.1) is 9.83 Å². The highest BCUT2D eigenvalue weighted by Gasteiger charge is 2.11. The fourth-order valence-electron chi connectivity index (χ4n) is 0.352. The molecule has 0 aliphatic carbocycles. The van der Waals surface area contributed by atoms with Gasteiger partial charge in [-0.3, -0.25) is 0 Å². The lowest BCUT2D eigenvalue weighted by Gasteiger charge is -2.13. The Hall–Kier alpha value is 0.500. The van der Waals surface area contributed by atoms with E-state index >= 15 is 0 Å². The molecule has 1 unspecified atom stereocenters. The van der Waals surface area contributed by atoms with E-state index in [1.165, 1.54) is 10.8 Å². The molecule has 0 aliphatic rings. The highest BCUT2D eigenvalue weighted by Crippen LogP contribution is 2.24. The Balaban J connectivity index is 3.55. The van der Waals surface area contributed by atoms with Crippen LogP contribution in [0.2, 0.25) is 0 Å². The number of hydrogen-bond donors (Lipinski definition) is 0. The Labute approximate surface area is 57.1 Å². The second-order valence-electron chi connectivity index (χ2n) is 2.60. The molecule has 0 spiro atoms. The lowest BCUT2D eigenvalue weighted by Crippen LogP contribution is -2.07. The van der Waals surface area contributed by atoms with Crippen LogP contribution >= 0.6 is 10.8 Å². The van der Waals surface area contributed by atoms with E-state index in [9.17, 15) is 4.21 Å². The maximum absolute atomic E-state index is 10.5. The molecule has 0 fully saturated rings. The Bertz CT molecular complexity index is 93.1. The highest BCUT2D eigenvalue weighted by atomic mass is 33.1. The average molecular weight is 152 g/mol. The van der Waals surface area contributed by atoms with Crippen LogP contribution in [0.5, 0.6) is 0 Å². The van der Waals surface area contributed by atoms with E-state index in [0.29, 0.717) is 0 Å². The van der Waals surface area contributed by atoms with Gasteiger partial charge in [0.1, 0.15) is 0 Å². The second kappa shape index (κ2) is 2.87. The van der Waals surface area contributed by atoms with E-state index in [2.05, 4.69) is 20.8 Å². The van der Waals surface area contributed by atoms with E-state index in [0.717, 1.165) is 0 Å². The molecule has 8 heavy (non-hydrogen) atoms. The third kappa shape index (κ3) is 6.50. The van der Waals surface area contributed by atoms with Gasteiger partial charge in [0.25, 0.3) is 0 Å². The van der Waals surface area contributed by atoms with Crippen molar-refractivity contribution in [3.05, 3.63) is 0 Å². The summed E-state index contributed by atoms with van der Waals surface area (Å²) in [6.07, 6.45) is 1.70. The fourth-order valence-corrected chi connectivity index (χ4v) is 3.17. The van der Waals surface area contributed by atoms with Gasteiger partial charge in [-0.25, -0.2) is 4.21 Å². The van der Waals surface area contributed by atoms with Gasteiger partial charge in [0.2, 0.25) is 0 Å². The van der Waals surface area contributed by atoms with Crippen LogP contribution in [0.25, 0.3) is 0 Å². The van der Waals surface area contributed by atoms with Crippen molar-refractivity contribution in [2.24, 2.45) is 0 Å². The molecule has 1 nitrogen and oxygen atoms in total. The van der Waals surface area contributed by atoms with Gasteiger partial charge in [-0.1, -0.05) is 31.6 Å². The standard InChI is InChI=1S/C5H12OS2/c1-5(2,3)7-8(4)6/h1-4H3. The van der Waals surface area contributed by atoms with E-state index < -0.39 is 9.83 Å². The van der Waals surface area contributed by atoms with Crippen LogP contribution in [0.1, 0.15) is 20.8 Å². The molecule has 3 heteroatoms. The second-order valence-corrected chi connectivity index (χ2v) is 6.70. The Kier molecular flexibility index (Phi) is 3.05. The molecule has 0 N–H and O–H groups in total. The van der Waals surface area contributed by atoms with Gasteiger partial charge in [0.15, 0.2) is 0 Å². The third-order valence-electron chi connectivity index (χ3n) is 0.367. The lowest BCUT2D eigenvalue weighted by atomic mass is 10.3. The van der Waals surface area contributed by atoms with Gasteiger partial charge >= 0.3 is 0 Å². The molecule has 50 valence electrons. The Morgan fingerprint density at radius 3 is 1.75 bits per heavy atom. The summed E-state index contributed by atoms with van der Waals surface area (Å²) in [7, 11) is 0.765. The van der Waals surface area contributed by atoms with Crippen LogP contribution in [0.15, 0.2) is 0 Å². The van der Waals surface area contributed by atoms with Crippen LogP contribution in [0.3, 0.4) is 0 Å². The summed E-state index contributed by atoms with van der Waals surface area (Å²) in [5, 5.41) is 0. The van der Waals surface area contributed by atoms with E-state index in [1.807, 2.05) is 0 Å². The SMILES string of the molecule is CS(=O)SC(C)(C)C. The third-order valence-corrected chi connectivity index (χ3v) is 3.31. The van der Waals surface area contributed by atoms with Crippen molar-refractivity contribution >= 4 is 20.6 Å². The first-order valence-corrected chi connectivity index (χ1v) is 5.34. The van der Waals surface area contributed by atoms with Gasteiger partial charge in [0, 0.05) is 11.0 Å². The molecule has 0 aromatic heterocycles. The molecule has 0 heterocycles. The lowest BCUT2D eigenvalue weighted by molar-refractivity contribution is 0.694. The summed E-state index contributed by atoms with van der Waals surface area (Å²) in [6.45, 7) is 6.16. The Morgan fingerprint density at radius 1 is 1.38 bits per heavy atom. The van der Waals surface area contributed by atoms with Crippen molar-refractivity contribution in [3.8, 4) is 0 Å². The molecule has 0 aliphatic heterocycles. The highest BCUT2D eigenvalue weighted by molar-refractivity contribution is 8.69. The van der Waals surface area contributed by atoms with Crippen LogP contribution in [0, 0.1) is 0 Å². The van der Waals surface area contributed by atoms with Crippen molar-refractivity contribution in [2.45, 2.75) is 25.5 Å². The number of hydrogen-bond acceptors (Lipinski definition) is 2. The normalized spacial score (nSPS) is 16.0. The fraction of sp³-hybridized carbons (Fsp3) is 1.00. The smallest absolute Gasteiger partial charge is 0.0777 e. The van der Waals surface area contributed by atoms with Crippen molar-refractivity contribution in [3.63, 3.8) is 0 Å². The zero-order valence-electron chi connectivity index (χ0n) is 5.72. The van der Waals surface area contributed by atoms with Gasteiger partial charge in [-0.15, -0.1) is 0 Å². The Morgan fingerprint density at radius 2 is 1.75 bits per heavy atom. The predicted octanol–water partition coefficient (Wildman–Crippen LogP) is 1.81. The van der Waals surface area contributed by atoms with Crippen molar-refractivity contribution < 1.29 is 4.21 Å². The molecule has 0 saturated heterocycles. The van der Waals surface area contributed by atoms with E-state index in [-0.39, 0.29) is 4.75 Å². The zero-order valence-corrected chi connectivity index (χ0v) is 7.36. The molecule has 0 aromatic carbocycles. The molecule has 0 saturated carbocycles. The molecule has 0 aromatic rings. The van der Waals surface area contributed by atoms with Crippen LogP contribution in [-0.4, -0.2) is 15.2 Å². The molecule has 0 rings (SSSR count). The number of rotatable bonds is 1. The molecule has 0 bridgehead atoms. The zero-order chi connectivity index (χ0) is 6.78. The maximum atomic E-state index is 10.5. The largest absolute Gasteiger partial charge is 0.248 e. The summed E-state index contributed by atoms with van der Waals surface area (Å²) < 4.78 is 10.7. The van der Waals surface area contributed by atoms with E-state index in [4.69, 9.17) is 0 Å². The molecular weight excluding hydrogens is 140 g/mol. The maximum Gasteiger partial charge on any atom is 0.0777 e. The summed E-state index contributed by atoms with van der Waals surface area (Å²) in [6, 6.07) is 0. The first-order valence-electron chi connectivity index (χ1n) is 2.45. The quantitative estimate of drug-likeness (QED) is 0.533. The van der Waals surface area contributed by atoms with Crippen molar-refractivity contribution in [1.82, 2.24) is 0 Å². The monoisotopic (exact) mass is 152 g/mol. The van der Waals surface area contributed by atoms with Crippen LogP contribution in [-0.2, 0) is 9.83 Å². The topological polar surface area (TPSA) is 17.1 Å². The summed E-state index contributed by atoms with van der Waals surface area (Å²) in [4.78, 5) is 0. The first kappa shape index (κ1) is 8.50. The van der Waals surface area contributed by atoms with Gasteiger partial charge < -0.3 is 0 Å².